The molecule has 0 rings (SSSR count). The molecule has 4 amide bonds. The second kappa shape index (κ2) is 48.3. The van der Waals surface area contributed by atoms with Crippen LogP contribution in [0.25, 0.3) is 0 Å². The van der Waals surface area contributed by atoms with E-state index in [1.54, 1.807) is 17.7 Å². The Morgan fingerprint density at radius 3 is 1.56 bits per heavy atom. The van der Waals surface area contributed by atoms with Crippen LogP contribution < -0.4 is 21.3 Å². The third-order valence-electron chi connectivity index (χ3n) is 11.5. The number of carbonyl (C=O) groups excluding carboxylic acids is 7. The van der Waals surface area contributed by atoms with Crippen molar-refractivity contribution < 1.29 is 72.3 Å². The molecule has 0 heterocycles. The number of aliphatic carboxylic acids is 2. The van der Waals surface area contributed by atoms with E-state index in [1.807, 2.05) is 6.92 Å². The van der Waals surface area contributed by atoms with Gasteiger partial charge in [-0.2, -0.15) is 0 Å². The number of amides is 4. The first kappa shape index (κ1) is 68.4. The molecule has 21 heteroatoms. The van der Waals surface area contributed by atoms with E-state index < -0.39 is 24.0 Å². The Morgan fingerprint density at radius 1 is 0.444 bits per heavy atom. The van der Waals surface area contributed by atoms with E-state index in [2.05, 4.69) is 21.3 Å². The molecule has 1 unspecified atom stereocenters. The monoisotopic (exact) mass is 1060 g/mol. The molecular weight excluding hydrogens is 973 g/mol. The number of unbranched alkanes of at least 4 members (excludes halogenated alkanes) is 14. The molecule has 3 atom stereocenters. The molecule has 0 fully saturated rings. The van der Waals surface area contributed by atoms with Crippen molar-refractivity contribution in [2.24, 2.45) is 5.92 Å². The van der Waals surface area contributed by atoms with Crippen molar-refractivity contribution in [2.45, 2.75) is 187 Å². The third-order valence-corrected chi connectivity index (χ3v) is 14.0. The van der Waals surface area contributed by atoms with Gasteiger partial charge in [-0.05, 0) is 58.8 Å². The number of Topliss-reactive ketones (excluding diaryl/α,β-unsaturated/α-hetero) is 3. The largest absolute Gasteiger partial charge is 0.481 e. The van der Waals surface area contributed by atoms with Gasteiger partial charge in [-0.25, -0.2) is 4.79 Å². The molecule has 416 valence electrons. The normalized spacial score (nSPS) is 12.4. The molecule has 0 aromatic carbocycles. The number of carboxylic acid groups (broad SMARTS) is 2. The predicted octanol–water partition coefficient (Wildman–Crippen LogP) is 6.55. The average molecular weight is 1060 g/mol. The fourth-order valence-electron chi connectivity index (χ4n) is 6.92. The second-order valence-corrected chi connectivity index (χ2v) is 20.7. The van der Waals surface area contributed by atoms with Crippen LogP contribution in [0.4, 0.5) is 0 Å². The minimum Gasteiger partial charge on any atom is -0.481 e. The van der Waals surface area contributed by atoms with Gasteiger partial charge in [0.25, 0.3) is 0 Å². The van der Waals surface area contributed by atoms with Crippen LogP contribution in [0.3, 0.4) is 0 Å². The number of ether oxygens (including phenoxy) is 4. The van der Waals surface area contributed by atoms with Crippen LogP contribution in [0.15, 0.2) is 0 Å². The molecule has 72 heavy (non-hydrogen) atoms. The maximum Gasteiger partial charge on any atom is 0.326 e. The van der Waals surface area contributed by atoms with Crippen molar-refractivity contribution >= 4 is 74.5 Å². The van der Waals surface area contributed by atoms with Crippen molar-refractivity contribution in [3.05, 3.63) is 0 Å². The van der Waals surface area contributed by atoms with Gasteiger partial charge in [-0.3, -0.25) is 38.4 Å². The summed E-state index contributed by atoms with van der Waals surface area (Å²) in [6.07, 6.45) is 18.2. The van der Waals surface area contributed by atoms with E-state index in [0.717, 1.165) is 44.9 Å². The molecule has 0 aliphatic rings. The summed E-state index contributed by atoms with van der Waals surface area (Å²) in [5.74, 6) is -1.87. The zero-order chi connectivity index (χ0) is 53.5. The highest BCUT2D eigenvalue weighted by atomic mass is 33.1. The minimum absolute atomic E-state index is 0.0197. The van der Waals surface area contributed by atoms with E-state index in [-0.39, 0.29) is 138 Å². The molecule has 0 saturated carbocycles. The summed E-state index contributed by atoms with van der Waals surface area (Å²) in [6, 6.07) is -1.72. The zero-order valence-electron chi connectivity index (χ0n) is 43.7. The smallest absolute Gasteiger partial charge is 0.326 e. The summed E-state index contributed by atoms with van der Waals surface area (Å²) < 4.78 is 21.6. The topological polar surface area (TPSA) is 279 Å². The lowest BCUT2D eigenvalue weighted by molar-refractivity contribution is -0.142. The quantitative estimate of drug-likeness (QED) is 0.0278. The molecule has 0 spiro atoms. The maximum absolute atomic E-state index is 12.4. The van der Waals surface area contributed by atoms with Gasteiger partial charge in [0.1, 0.15) is 25.0 Å². The Labute approximate surface area is 436 Å². The van der Waals surface area contributed by atoms with Gasteiger partial charge in [0.2, 0.25) is 23.6 Å². The highest BCUT2D eigenvalue weighted by molar-refractivity contribution is 8.76. The first-order valence-electron chi connectivity index (χ1n) is 26.3. The average Bonchev–Trinajstić information content (AvgIpc) is 3.33. The van der Waals surface area contributed by atoms with Crippen LogP contribution in [0.2, 0.25) is 0 Å². The number of carboxylic acids is 2. The zero-order valence-corrected chi connectivity index (χ0v) is 45.3. The van der Waals surface area contributed by atoms with Gasteiger partial charge >= 0.3 is 11.9 Å². The fourth-order valence-corrected chi connectivity index (χ4v) is 9.35. The second-order valence-electron chi connectivity index (χ2n) is 18.1. The number of nitrogens with one attached hydrogen (secondary N) is 4. The van der Waals surface area contributed by atoms with Crippen LogP contribution >= 0.6 is 21.6 Å². The molecule has 0 aromatic heterocycles. The van der Waals surface area contributed by atoms with E-state index >= 15 is 0 Å². The molecule has 0 aromatic rings. The van der Waals surface area contributed by atoms with Gasteiger partial charge in [-0.1, -0.05) is 106 Å². The molecule has 0 aliphatic heterocycles. The lowest BCUT2D eigenvalue weighted by Crippen LogP contribution is -2.41. The highest BCUT2D eigenvalue weighted by Crippen LogP contribution is 2.25. The Balaban J connectivity index is 3.73. The summed E-state index contributed by atoms with van der Waals surface area (Å²) >= 11 is 0. The van der Waals surface area contributed by atoms with Crippen LogP contribution in [-0.4, -0.2) is 153 Å². The van der Waals surface area contributed by atoms with Gasteiger partial charge in [0.05, 0.1) is 39.1 Å². The number of carbonyl (C=O) groups is 9. The molecule has 0 radical (unpaired) electrons. The SMILES string of the molecule is CC(=O)C(CCCCNC(=O)COCCOCCCC(=O)COCCOCCNC(=O)CC[C@H](NC(=O)CCCCCCCCCCCCCCCCC(=O)O)C(=O)O)NC(=O)CCSSC[C@H](C)C(C)=O. The summed E-state index contributed by atoms with van der Waals surface area (Å²) in [5.41, 5.74) is 0. The number of rotatable bonds is 53. The predicted molar refractivity (Wildman–Crippen MR) is 280 cm³/mol. The van der Waals surface area contributed by atoms with Crippen molar-refractivity contribution in [2.75, 3.05) is 77.5 Å². The van der Waals surface area contributed by atoms with E-state index in [1.165, 1.54) is 56.2 Å². The van der Waals surface area contributed by atoms with Gasteiger partial charge in [0.15, 0.2) is 11.6 Å². The third kappa shape index (κ3) is 46.2. The Morgan fingerprint density at radius 2 is 0.972 bits per heavy atom. The van der Waals surface area contributed by atoms with Crippen LogP contribution in [0, 0.1) is 5.92 Å². The maximum atomic E-state index is 12.4. The van der Waals surface area contributed by atoms with Crippen LogP contribution in [-0.2, 0) is 62.1 Å². The van der Waals surface area contributed by atoms with Crippen molar-refractivity contribution in [1.82, 2.24) is 21.3 Å². The van der Waals surface area contributed by atoms with Crippen molar-refractivity contribution in [3.8, 4) is 0 Å². The van der Waals surface area contributed by atoms with Gasteiger partial charge < -0.3 is 50.4 Å². The fraction of sp³-hybridized carbons (Fsp3) is 0.824. The van der Waals surface area contributed by atoms with E-state index in [0.29, 0.717) is 56.8 Å². The summed E-state index contributed by atoms with van der Waals surface area (Å²) in [6.45, 7) is 6.73. The number of hydrogen-bond acceptors (Lipinski definition) is 15. The number of ketones is 3. The Kier molecular flexibility index (Phi) is 45.9. The lowest BCUT2D eigenvalue weighted by Gasteiger charge is -2.16. The van der Waals surface area contributed by atoms with Gasteiger partial charge in [0, 0.05) is 69.2 Å². The standard InChI is InChI=1S/C51H90N4O15S2/c1-40(41(2)56)39-72-71-36-27-48(61)54-44(42(3)57)22-18-19-28-52-49(62)38-70-35-32-67-30-20-21-43(58)37-69-34-33-68-31-29-53-46(59)26-25-45(51(65)66)55-47(60)23-16-14-12-10-8-6-4-5-7-9-11-13-15-17-24-50(63)64/h40,44-45H,4-39H2,1-3H3,(H,52,62)(H,53,59)(H,54,61)(H,55,60)(H,63,64)(H,65,66)/t40-,44?,45-/m0/s1. The summed E-state index contributed by atoms with van der Waals surface area (Å²) in [5, 5.41) is 29.0. The minimum atomic E-state index is -1.19. The van der Waals surface area contributed by atoms with E-state index in [4.69, 9.17) is 24.1 Å². The summed E-state index contributed by atoms with van der Waals surface area (Å²) in [4.78, 5) is 107. The molecule has 0 saturated heterocycles. The summed E-state index contributed by atoms with van der Waals surface area (Å²) in [7, 11) is 3.09. The van der Waals surface area contributed by atoms with Crippen molar-refractivity contribution in [1.29, 1.82) is 0 Å². The number of hydrogen-bond donors (Lipinski definition) is 6. The molecule has 19 nitrogen and oxygen atoms in total. The lowest BCUT2D eigenvalue weighted by atomic mass is 10.0. The van der Waals surface area contributed by atoms with E-state index in [9.17, 15) is 48.3 Å². The Bertz CT molecular complexity index is 1530. The van der Waals surface area contributed by atoms with Gasteiger partial charge in [-0.15, -0.1) is 0 Å². The van der Waals surface area contributed by atoms with Crippen molar-refractivity contribution in [3.63, 3.8) is 0 Å². The molecule has 0 aliphatic carbocycles. The van der Waals surface area contributed by atoms with Crippen LogP contribution in [0.5, 0.6) is 0 Å². The first-order chi connectivity index (χ1) is 34.6. The highest BCUT2D eigenvalue weighted by Gasteiger charge is 2.21. The molecular formula is C51H90N4O15S2. The first-order valence-corrected chi connectivity index (χ1v) is 28.8. The molecule has 0 bridgehead atoms. The van der Waals surface area contributed by atoms with Crippen LogP contribution in [0.1, 0.15) is 175 Å². The Hall–Kier alpha value is -3.63. The molecule has 6 N–H and O–H groups in total.